The van der Waals surface area contributed by atoms with Crippen LogP contribution in [-0.4, -0.2) is 34.5 Å². The van der Waals surface area contributed by atoms with E-state index < -0.39 is 11.7 Å². The molecule has 3 aliphatic rings. The third-order valence-electron chi connectivity index (χ3n) is 13.2. The van der Waals surface area contributed by atoms with Crippen LogP contribution in [0.5, 0.6) is 0 Å². The van der Waals surface area contributed by atoms with Gasteiger partial charge in [-0.05, 0) is 138 Å². The molecule has 42 heavy (non-hydrogen) atoms. The van der Waals surface area contributed by atoms with Crippen molar-refractivity contribution in [2.75, 3.05) is 6.61 Å². The zero-order chi connectivity index (χ0) is 31.3. The predicted molar refractivity (Wildman–Crippen MR) is 175 cm³/mol. The zero-order valence-electron chi connectivity index (χ0n) is 29.1. The molecule has 4 nitrogen and oxygen atoms in total. The van der Waals surface area contributed by atoms with Crippen LogP contribution < -0.4 is 0 Å². The van der Waals surface area contributed by atoms with Crippen LogP contribution in [-0.2, 0) is 9.53 Å². The van der Waals surface area contributed by atoms with Crippen LogP contribution in [0.3, 0.4) is 0 Å². The molecule has 244 valence electrons. The maximum Gasteiger partial charge on any atom is 0.305 e. The van der Waals surface area contributed by atoms with E-state index in [9.17, 15) is 15.0 Å². The highest BCUT2D eigenvalue weighted by Crippen LogP contribution is 2.74. The molecule has 0 spiro atoms. The lowest BCUT2D eigenvalue weighted by molar-refractivity contribution is -0.147. The van der Waals surface area contributed by atoms with Crippen LogP contribution in [0.25, 0.3) is 0 Å². The summed E-state index contributed by atoms with van der Waals surface area (Å²) in [6.45, 7) is 21.1. The molecule has 0 bridgehead atoms. The summed E-state index contributed by atoms with van der Waals surface area (Å²) in [4.78, 5) is 12.4. The van der Waals surface area contributed by atoms with Gasteiger partial charge < -0.3 is 14.9 Å². The number of fused-ring (bicyclic) bond motifs is 3. The van der Waals surface area contributed by atoms with E-state index in [1.807, 2.05) is 0 Å². The second kappa shape index (κ2) is 14.5. The van der Waals surface area contributed by atoms with Gasteiger partial charge in [0, 0.05) is 6.42 Å². The summed E-state index contributed by atoms with van der Waals surface area (Å²) in [5.74, 6) is 2.50. The molecule has 3 fully saturated rings. The van der Waals surface area contributed by atoms with E-state index in [1.54, 1.807) is 19.4 Å². The van der Waals surface area contributed by atoms with Gasteiger partial charge in [-0.3, -0.25) is 4.79 Å². The van der Waals surface area contributed by atoms with Crippen molar-refractivity contribution in [3.63, 3.8) is 0 Å². The summed E-state index contributed by atoms with van der Waals surface area (Å²) in [5.41, 5.74) is 3.08. The maximum atomic E-state index is 12.4. The van der Waals surface area contributed by atoms with Gasteiger partial charge in [0.15, 0.2) is 0 Å². The summed E-state index contributed by atoms with van der Waals surface area (Å²) in [6.07, 6.45) is 17.1. The Morgan fingerprint density at radius 2 is 1.67 bits per heavy atom. The highest BCUT2D eigenvalue weighted by molar-refractivity contribution is 5.69. The van der Waals surface area contributed by atoms with E-state index in [0.717, 1.165) is 32.1 Å². The van der Waals surface area contributed by atoms with Crippen molar-refractivity contribution in [1.29, 1.82) is 0 Å². The fourth-order valence-corrected chi connectivity index (χ4v) is 10.3. The molecule has 0 radical (unpaired) electrons. The van der Waals surface area contributed by atoms with E-state index in [0.29, 0.717) is 54.0 Å². The quantitative estimate of drug-likeness (QED) is 0.113. The first-order valence-corrected chi connectivity index (χ1v) is 17.8. The Balaban J connectivity index is 1.67. The molecule has 3 rings (SSSR count). The van der Waals surface area contributed by atoms with Gasteiger partial charge >= 0.3 is 5.97 Å². The minimum absolute atomic E-state index is 0.0104. The maximum absolute atomic E-state index is 12.4. The molecular formula is C38H68O4. The number of aliphatic hydroxyl groups is 2. The lowest BCUT2D eigenvalue weighted by Gasteiger charge is -2.65. The lowest BCUT2D eigenvalue weighted by Crippen LogP contribution is -2.57. The minimum Gasteiger partial charge on any atom is -0.466 e. The average Bonchev–Trinajstić information content (AvgIpc) is 3.19. The minimum atomic E-state index is -1.03. The van der Waals surface area contributed by atoms with Crippen molar-refractivity contribution in [3.8, 4) is 0 Å². The highest BCUT2D eigenvalue weighted by Gasteiger charge is 2.66. The molecule has 4 heteroatoms. The molecule has 3 unspecified atom stereocenters. The van der Waals surface area contributed by atoms with Gasteiger partial charge in [0.25, 0.3) is 0 Å². The molecular weight excluding hydrogens is 520 g/mol. The normalized spacial score (nSPS) is 34.5. The summed E-state index contributed by atoms with van der Waals surface area (Å²) < 4.78 is 5.72. The summed E-state index contributed by atoms with van der Waals surface area (Å²) in [6, 6.07) is 0. The Morgan fingerprint density at radius 3 is 2.31 bits per heavy atom. The summed E-state index contributed by atoms with van der Waals surface area (Å²) in [5, 5.41) is 20.8. The first kappa shape index (κ1) is 35.6. The first-order chi connectivity index (χ1) is 19.6. The van der Waals surface area contributed by atoms with Crippen LogP contribution in [0.4, 0.5) is 0 Å². The zero-order valence-corrected chi connectivity index (χ0v) is 29.1. The second-order valence-corrected chi connectivity index (χ2v) is 16.4. The molecule has 0 amide bonds. The highest BCUT2D eigenvalue weighted by atomic mass is 16.5. The van der Waals surface area contributed by atoms with Gasteiger partial charge in [-0.15, -0.1) is 0 Å². The Kier molecular flexibility index (Phi) is 12.3. The van der Waals surface area contributed by atoms with Crippen molar-refractivity contribution in [2.24, 2.45) is 39.9 Å². The van der Waals surface area contributed by atoms with Gasteiger partial charge in [-0.2, -0.15) is 0 Å². The number of ether oxygens (including phenoxy) is 1. The van der Waals surface area contributed by atoms with Crippen molar-refractivity contribution < 1.29 is 19.7 Å². The Hall–Kier alpha value is -0.870. The lowest BCUT2D eigenvalue weighted by atomic mass is 9.40. The molecule has 0 aromatic heterocycles. The van der Waals surface area contributed by atoms with E-state index in [1.165, 1.54) is 63.4 Å². The molecule has 8 atom stereocenters. The van der Waals surface area contributed by atoms with E-state index >= 15 is 0 Å². The molecule has 3 aliphatic carbocycles. The molecule has 2 N–H and O–H groups in total. The van der Waals surface area contributed by atoms with Crippen molar-refractivity contribution in [3.05, 3.63) is 11.1 Å². The fraction of sp³-hybridized carbons (Fsp3) is 0.921. The smallest absolute Gasteiger partial charge is 0.305 e. The molecule has 3 saturated carbocycles. The Bertz CT molecular complexity index is 913. The van der Waals surface area contributed by atoms with E-state index in [2.05, 4.69) is 48.5 Å². The number of hydrogen-bond donors (Lipinski definition) is 2. The van der Waals surface area contributed by atoms with Crippen LogP contribution >= 0.6 is 0 Å². The Labute approximate surface area is 259 Å². The SMILES string of the molecule is CCCCCCCC(=O)OCCCC1C(=C(C)C)CCC2[C@@]1(C)CC[C@@]1(C)C([C@H](C)CC[C@@H](O)C(C)(C)O)CC[C@]21C. The number of carbonyl (C=O) groups excluding carboxylic acids is 1. The monoisotopic (exact) mass is 589 g/mol. The Morgan fingerprint density at radius 1 is 0.976 bits per heavy atom. The van der Waals surface area contributed by atoms with Gasteiger partial charge in [0.05, 0.1) is 18.3 Å². The van der Waals surface area contributed by atoms with Crippen molar-refractivity contribution in [2.45, 2.75) is 177 Å². The number of esters is 1. The van der Waals surface area contributed by atoms with E-state index in [-0.39, 0.29) is 11.4 Å². The number of hydrogen-bond acceptors (Lipinski definition) is 4. The number of carbonyl (C=O) groups is 1. The molecule has 0 aromatic carbocycles. The summed E-state index contributed by atoms with van der Waals surface area (Å²) >= 11 is 0. The van der Waals surface area contributed by atoms with Gasteiger partial charge in [-0.25, -0.2) is 0 Å². The molecule has 0 aromatic rings. The topological polar surface area (TPSA) is 66.8 Å². The average molecular weight is 589 g/mol. The van der Waals surface area contributed by atoms with Gasteiger partial charge in [0.2, 0.25) is 0 Å². The number of allylic oxidation sites excluding steroid dienone is 2. The predicted octanol–water partition coefficient (Wildman–Crippen LogP) is 9.80. The van der Waals surface area contributed by atoms with Crippen LogP contribution in [0, 0.1) is 39.9 Å². The van der Waals surface area contributed by atoms with Crippen molar-refractivity contribution >= 4 is 5.97 Å². The standard InChI is InChI=1S/C38H68O4/c1-10-11-12-13-14-17-34(40)42-26-15-16-31-29(27(2)3)19-20-32-36(31,7)24-25-37(8)30(22-23-38(32,37)9)28(4)18-21-33(39)35(5,6)41/h28,30-33,39,41H,10-26H2,1-9H3/t28-,30?,31?,32?,33-,36+,37+,38-/m1/s1. The third-order valence-corrected chi connectivity index (χ3v) is 13.2. The van der Waals surface area contributed by atoms with Gasteiger partial charge in [-0.1, -0.05) is 71.4 Å². The largest absolute Gasteiger partial charge is 0.466 e. The van der Waals surface area contributed by atoms with Crippen molar-refractivity contribution in [1.82, 2.24) is 0 Å². The first-order valence-electron chi connectivity index (χ1n) is 17.8. The van der Waals surface area contributed by atoms with Crippen LogP contribution in [0.15, 0.2) is 11.1 Å². The molecule has 0 saturated heterocycles. The number of aliphatic hydroxyl groups excluding tert-OH is 1. The summed E-state index contributed by atoms with van der Waals surface area (Å²) in [7, 11) is 0. The fourth-order valence-electron chi connectivity index (χ4n) is 10.3. The van der Waals surface area contributed by atoms with E-state index in [4.69, 9.17) is 4.74 Å². The van der Waals surface area contributed by atoms with Gasteiger partial charge in [0.1, 0.15) is 0 Å². The van der Waals surface area contributed by atoms with Crippen LogP contribution in [0.1, 0.15) is 165 Å². The number of unbranched alkanes of at least 4 members (excludes halogenated alkanes) is 4. The number of rotatable bonds is 15. The molecule has 0 heterocycles. The van der Waals surface area contributed by atoms with Crippen LogP contribution in [0.2, 0.25) is 0 Å². The molecule has 0 aliphatic heterocycles. The second-order valence-electron chi connectivity index (χ2n) is 16.4. The third kappa shape index (κ3) is 7.49.